The number of hydrogen-bond donors (Lipinski definition) is 2. The van der Waals surface area contributed by atoms with Crippen molar-refractivity contribution >= 4 is 35.1 Å². The molecule has 0 saturated heterocycles. The fourth-order valence-electron chi connectivity index (χ4n) is 3.09. The van der Waals surface area contributed by atoms with Gasteiger partial charge in [0.05, 0.1) is 10.6 Å². The zero-order valence-electron chi connectivity index (χ0n) is 15.2. The van der Waals surface area contributed by atoms with Gasteiger partial charge in [-0.25, -0.2) is 4.98 Å². The van der Waals surface area contributed by atoms with Gasteiger partial charge in [0.2, 0.25) is 10.7 Å². The molecule has 0 aliphatic carbocycles. The van der Waals surface area contributed by atoms with Crippen molar-refractivity contribution in [1.29, 1.82) is 0 Å². The Morgan fingerprint density at radius 2 is 1.97 bits per heavy atom. The number of aromatic nitrogens is 3. The molecule has 144 valence electrons. The van der Waals surface area contributed by atoms with Crippen molar-refractivity contribution < 1.29 is 9.72 Å². The number of non-ortho nitro benzene ring substituents is 1. The number of aromatic amines is 1. The third kappa shape index (κ3) is 3.63. The third-order valence-corrected chi connectivity index (χ3v) is 4.70. The number of imidazole rings is 1. The molecule has 2 heterocycles. The van der Waals surface area contributed by atoms with Gasteiger partial charge in [0.15, 0.2) is 0 Å². The summed E-state index contributed by atoms with van der Waals surface area (Å²) in [6.45, 7) is 1.45. The standard InChI is InChI=1S/C20H15N5O3S/c1-12(26)22-15-7-5-13(6-8-15)18-11-24-19(23-18)17(10-21-20(24)29)14-3-2-4-16(9-14)25(27)28/h2-11,23H,1H3,(H,22,26). The molecule has 8 nitrogen and oxygen atoms in total. The highest BCUT2D eigenvalue weighted by atomic mass is 32.1. The molecule has 0 aliphatic heterocycles. The number of fused-ring (bicyclic) bond motifs is 1. The van der Waals surface area contributed by atoms with Gasteiger partial charge in [-0.1, -0.05) is 24.3 Å². The minimum atomic E-state index is -0.431. The van der Waals surface area contributed by atoms with Crippen molar-refractivity contribution in [2.24, 2.45) is 0 Å². The SMILES string of the molecule is CC(=O)Nc1ccc(-c2cn3c(=S)ncc(-c4cccc([N+](=O)[O-])c4)c3[nH]2)cc1. The number of amides is 1. The molecule has 0 atom stereocenters. The molecule has 0 saturated carbocycles. The van der Waals surface area contributed by atoms with E-state index in [1.165, 1.54) is 19.1 Å². The van der Waals surface area contributed by atoms with E-state index in [1.807, 2.05) is 18.3 Å². The first-order chi connectivity index (χ1) is 13.9. The molecule has 29 heavy (non-hydrogen) atoms. The molecule has 4 aromatic rings. The Bertz CT molecular complexity index is 1310. The lowest BCUT2D eigenvalue weighted by Gasteiger charge is -2.04. The molecular formula is C20H15N5O3S. The molecule has 0 bridgehead atoms. The Hall–Kier alpha value is -3.85. The van der Waals surface area contributed by atoms with Gasteiger partial charge in [-0.3, -0.25) is 19.3 Å². The van der Waals surface area contributed by atoms with E-state index in [0.29, 0.717) is 27.2 Å². The van der Waals surface area contributed by atoms with Gasteiger partial charge in [-0.05, 0) is 35.5 Å². The maximum atomic E-state index is 11.2. The predicted octanol–water partition coefficient (Wildman–Crippen LogP) is 4.59. The summed E-state index contributed by atoms with van der Waals surface area (Å²) in [4.78, 5) is 29.4. The molecule has 9 heteroatoms. The summed E-state index contributed by atoms with van der Waals surface area (Å²) in [5.74, 6) is -0.137. The number of hydrogen-bond acceptors (Lipinski definition) is 5. The van der Waals surface area contributed by atoms with Crippen LogP contribution in [0.4, 0.5) is 11.4 Å². The quantitative estimate of drug-likeness (QED) is 0.293. The third-order valence-electron chi connectivity index (χ3n) is 4.40. The zero-order chi connectivity index (χ0) is 20.5. The van der Waals surface area contributed by atoms with E-state index in [0.717, 1.165) is 11.3 Å². The molecule has 2 aromatic heterocycles. The van der Waals surface area contributed by atoms with E-state index < -0.39 is 4.92 Å². The van der Waals surface area contributed by atoms with Crippen molar-refractivity contribution in [2.45, 2.75) is 6.92 Å². The number of nitro groups is 1. The molecule has 4 rings (SSSR count). The second-order valence-electron chi connectivity index (χ2n) is 6.41. The van der Waals surface area contributed by atoms with E-state index in [4.69, 9.17) is 12.2 Å². The Morgan fingerprint density at radius 3 is 2.66 bits per heavy atom. The lowest BCUT2D eigenvalue weighted by molar-refractivity contribution is -0.384. The maximum absolute atomic E-state index is 11.2. The van der Waals surface area contributed by atoms with E-state index in [9.17, 15) is 14.9 Å². The molecule has 1 amide bonds. The maximum Gasteiger partial charge on any atom is 0.270 e. The number of benzene rings is 2. The van der Waals surface area contributed by atoms with Crippen molar-refractivity contribution in [3.05, 3.63) is 75.8 Å². The van der Waals surface area contributed by atoms with Crippen molar-refractivity contribution in [2.75, 3.05) is 5.32 Å². The topological polar surface area (TPSA) is 105 Å². The summed E-state index contributed by atoms with van der Waals surface area (Å²) < 4.78 is 2.10. The monoisotopic (exact) mass is 405 g/mol. The molecule has 0 fully saturated rings. The van der Waals surface area contributed by atoms with Crippen LogP contribution < -0.4 is 5.32 Å². The average Bonchev–Trinajstić information content (AvgIpc) is 3.15. The molecule has 0 radical (unpaired) electrons. The van der Waals surface area contributed by atoms with Gasteiger partial charge in [0.25, 0.3) is 5.69 Å². The molecule has 0 aliphatic rings. The number of H-pyrrole nitrogens is 1. The van der Waals surface area contributed by atoms with Gasteiger partial charge in [-0.2, -0.15) is 0 Å². The molecule has 2 N–H and O–H groups in total. The van der Waals surface area contributed by atoms with Crippen molar-refractivity contribution in [1.82, 2.24) is 14.4 Å². The lowest BCUT2D eigenvalue weighted by Crippen LogP contribution is -2.05. The highest BCUT2D eigenvalue weighted by Crippen LogP contribution is 2.29. The van der Waals surface area contributed by atoms with Gasteiger partial charge in [0.1, 0.15) is 5.65 Å². The smallest absolute Gasteiger partial charge is 0.270 e. The first-order valence-electron chi connectivity index (χ1n) is 8.65. The van der Waals surface area contributed by atoms with Crippen LogP contribution in [0.2, 0.25) is 0 Å². The fraction of sp³-hybridized carbons (Fsp3) is 0.0500. The predicted molar refractivity (Wildman–Crippen MR) is 112 cm³/mol. The number of carbonyl (C=O) groups excluding carboxylic acids is 1. The average molecular weight is 405 g/mol. The molecule has 0 unspecified atom stereocenters. The number of rotatable bonds is 4. The van der Waals surface area contributed by atoms with E-state index >= 15 is 0 Å². The van der Waals surface area contributed by atoms with Crippen LogP contribution in [-0.4, -0.2) is 25.2 Å². The van der Waals surface area contributed by atoms with E-state index in [2.05, 4.69) is 15.3 Å². The minimum Gasteiger partial charge on any atom is -0.339 e. The normalized spacial score (nSPS) is 10.8. The number of nitrogens with zero attached hydrogens (tertiary/aromatic N) is 3. The first kappa shape index (κ1) is 18.5. The summed E-state index contributed by atoms with van der Waals surface area (Å²) in [5, 5.41) is 13.8. The zero-order valence-corrected chi connectivity index (χ0v) is 16.1. The Balaban J connectivity index is 1.82. The van der Waals surface area contributed by atoms with E-state index in [-0.39, 0.29) is 11.6 Å². The number of carbonyl (C=O) groups is 1. The molecular weight excluding hydrogens is 390 g/mol. The van der Waals surface area contributed by atoms with Crippen LogP contribution in [0, 0.1) is 14.9 Å². The van der Waals surface area contributed by atoms with Gasteiger partial charge < -0.3 is 10.3 Å². The van der Waals surface area contributed by atoms with Crippen LogP contribution in [0.15, 0.2) is 60.9 Å². The highest BCUT2D eigenvalue weighted by Gasteiger charge is 2.13. The lowest BCUT2D eigenvalue weighted by atomic mass is 10.1. The Kier molecular flexibility index (Phi) is 4.65. The number of nitro benzene ring substituents is 1. The van der Waals surface area contributed by atoms with Gasteiger partial charge in [-0.15, -0.1) is 0 Å². The van der Waals surface area contributed by atoms with Crippen LogP contribution >= 0.6 is 12.2 Å². The number of anilines is 1. The fourth-order valence-corrected chi connectivity index (χ4v) is 3.28. The van der Waals surface area contributed by atoms with Crippen molar-refractivity contribution in [3.8, 4) is 22.4 Å². The summed E-state index contributed by atoms with van der Waals surface area (Å²) in [6.07, 6.45) is 3.44. The van der Waals surface area contributed by atoms with Crippen LogP contribution in [0.1, 0.15) is 6.92 Å². The van der Waals surface area contributed by atoms with Crippen LogP contribution in [0.25, 0.3) is 28.0 Å². The largest absolute Gasteiger partial charge is 0.339 e. The molecule has 2 aromatic carbocycles. The minimum absolute atomic E-state index is 0.00318. The van der Waals surface area contributed by atoms with E-state index in [1.54, 1.807) is 34.9 Å². The van der Waals surface area contributed by atoms with Gasteiger partial charge in [0, 0.05) is 42.7 Å². The summed E-state index contributed by atoms with van der Waals surface area (Å²) in [6, 6.07) is 13.7. The summed E-state index contributed by atoms with van der Waals surface area (Å²) in [5.41, 5.74) is 4.44. The van der Waals surface area contributed by atoms with Crippen LogP contribution in [0.5, 0.6) is 0 Å². The summed E-state index contributed by atoms with van der Waals surface area (Å²) in [7, 11) is 0. The van der Waals surface area contributed by atoms with Crippen LogP contribution in [0.3, 0.4) is 0 Å². The van der Waals surface area contributed by atoms with Gasteiger partial charge >= 0.3 is 0 Å². The Morgan fingerprint density at radius 1 is 1.21 bits per heavy atom. The van der Waals surface area contributed by atoms with Crippen LogP contribution in [-0.2, 0) is 4.79 Å². The summed E-state index contributed by atoms with van der Waals surface area (Å²) >= 11 is 5.34. The number of nitrogens with one attached hydrogen (secondary N) is 2. The highest BCUT2D eigenvalue weighted by molar-refractivity contribution is 7.71. The second kappa shape index (κ2) is 7.28. The first-order valence-corrected chi connectivity index (χ1v) is 9.06. The Labute approximate surface area is 170 Å². The van der Waals surface area contributed by atoms with Crippen molar-refractivity contribution in [3.63, 3.8) is 0 Å². The molecule has 0 spiro atoms. The second-order valence-corrected chi connectivity index (χ2v) is 6.77.